The maximum atomic E-state index is 6.27. The van der Waals surface area contributed by atoms with Crippen molar-refractivity contribution in [1.82, 2.24) is 4.98 Å². The number of anilines is 1. The van der Waals surface area contributed by atoms with Crippen LogP contribution in [0.1, 0.15) is 18.9 Å². The van der Waals surface area contributed by atoms with Gasteiger partial charge in [-0.3, -0.25) is 0 Å². The Morgan fingerprint density at radius 1 is 1.56 bits per heavy atom. The van der Waals surface area contributed by atoms with Crippen LogP contribution in [-0.2, 0) is 6.54 Å². The average molecular weight is 238 g/mol. The molecule has 0 unspecified atom stereocenters. The molecule has 2 heterocycles. The van der Waals surface area contributed by atoms with Gasteiger partial charge in [0, 0.05) is 25.8 Å². The molecule has 86 valence electrons. The van der Waals surface area contributed by atoms with Crippen LogP contribution in [0.3, 0.4) is 0 Å². The van der Waals surface area contributed by atoms with Gasteiger partial charge in [-0.15, -0.1) is 0 Å². The van der Waals surface area contributed by atoms with E-state index >= 15 is 0 Å². The molecule has 4 heteroatoms. The zero-order valence-corrected chi connectivity index (χ0v) is 10.2. The predicted octanol–water partition coefficient (Wildman–Crippen LogP) is 2.35. The minimum absolute atomic E-state index is 0.455. The van der Waals surface area contributed by atoms with Gasteiger partial charge >= 0.3 is 0 Å². The van der Waals surface area contributed by atoms with Crippen molar-refractivity contribution >= 4 is 17.4 Å². The first-order valence-corrected chi connectivity index (χ1v) is 5.84. The highest BCUT2D eigenvalue weighted by Gasteiger charge is 2.15. The van der Waals surface area contributed by atoms with Crippen LogP contribution in [-0.4, -0.2) is 18.1 Å². The summed E-state index contributed by atoms with van der Waals surface area (Å²) in [6, 6.07) is 1.87. The van der Waals surface area contributed by atoms with E-state index in [0.29, 0.717) is 11.6 Å². The van der Waals surface area contributed by atoms with Crippen molar-refractivity contribution in [2.45, 2.75) is 19.9 Å². The van der Waals surface area contributed by atoms with Crippen molar-refractivity contribution in [2.75, 3.05) is 18.0 Å². The lowest BCUT2D eigenvalue weighted by molar-refractivity contribution is 0.774. The summed E-state index contributed by atoms with van der Waals surface area (Å²) >= 11 is 6.27. The fraction of sp³-hybridized carbons (Fsp3) is 0.417. The smallest absolute Gasteiger partial charge is 0.147 e. The predicted molar refractivity (Wildman–Crippen MR) is 67.7 cm³/mol. The molecule has 1 aromatic heterocycles. The number of nitrogens with two attached hydrogens (primary N) is 1. The van der Waals surface area contributed by atoms with Crippen molar-refractivity contribution in [3.8, 4) is 0 Å². The van der Waals surface area contributed by atoms with Gasteiger partial charge in [0.1, 0.15) is 5.82 Å². The fourth-order valence-corrected chi connectivity index (χ4v) is 2.12. The summed E-state index contributed by atoms with van der Waals surface area (Å²) in [4.78, 5) is 6.53. The molecular formula is C12H16ClN3. The lowest BCUT2D eigenvalue weighted by atomic mass is 10.1. The molecule has 2 N–H and O–H groups in total. The van der Waals surface area contributed by atoms with Crippen LogP contribution in [0.4, 0.5) is 5.82 Å². The molecule has 0 aromatic carbocycles. The number of pyridine rings is 1. The van der Waals surface area contributed by atoms with Gasteiger partial charge in [0.05, 0.1) is 5.02 Å². The van der Waals surface area contributed by atoms with Gasteiger partial charge in [0.25, 0.3) is 0 Å². The van der Waals surface area contributed by atoms with Gasteiger partial charge in [0.15, 0.2) is 0 Å². The van der Waals surface area contributed by atoms with E-state index in [1.165, 1.54) is 5.57 Å². The summed E-state index contributed by atoms with van der Waals surface area (Å²) in [5.74, 6) is 0.855. The Morgan fingerprint density at radius 2 is 2.38 bits per heavy atom. The largest absolute Gasteiger partial charge is 0.351 e. The van der Waals surface area contributed by atoms with E-state index in [9.17, 15) is 0 Å². The first-order valence-electron chi connectivity index (χ1n) is 5.46. The third-order valence-corrected chi connectivity index (χ3v) is 3.32. The summed E-state index contributed by atoms with van der Waals surface area (Å²) in [7, 11) is 0. The van der Waals surface area contributed by atoms with E-state index in [4.69, 9.17) is 17.3 Å². The number of halogens is 1. The Bertz CT molecular complexity index is 415. The van der Waals surface area contributed by atoms with Crippen molar-refractivity contribution in [3.05, 3.63) is 34.5 Å². The van der Waals surface area contributed by atoms with Gasteiger partial charge < -0.3 is 10.6 Å². The molecule has 0 spiro atoms. The molecule has 1 aliphatic rings. The zero-order valence-electron chi connectivity index (χ0n) is 9.41. The molecule has 0 amide bonds. The van der Waals surface area contributed by atoms with E-state index in [2.05, 4.69) is 22.9 Å². The van der Waals surface area contributed by atoms with Gasteiger partial charge in [-0.25, -0.2) is 4.98 Å². The van der Waals surface area contributed by atoms with Crippen LogP contribution in [0.2, 0.25) is 5.02 Å². The highest BCUT2D eigenvalue weighted by molar-refractivity contribution is 6.33. The van der Waals surface area contributed by atoms with Crippen LogP contribution in [0.15, 0.2) is 23.9 Å². The van der Waals surface area contributed by atoms with Crippen LogP contribution in [0.5, 0.6) is 0 Å². The molecule has 0 atom stereocenters. The quantitative estimate of drug-likeness (QED) is 0.803. The molecule has 0 radical (unpaired) electrons. The standard InChI is InChI=1S/C12H16ClN3/c1-9-3-6-16(7-4-9)12-11(13)10(8-14)2-5-15-12/h2-3,5H,4,6-8,14H2,1H3. The lowest BCUT2D eigenvalue weighted by Gasteiger charge is -2.27. The molecule has 0 aliphatic carbocycles. The monoisotopic (exact) mass is 237 g/mol. The van der Waals surface area contributed by atoms with Gasteiger partial charge in [-0.2, -0.15) is 0 Å². The molecule has 3 nitrogen and oxygen atoms in total. The SMILES string of the molecule is CC1=CCN(c2nccc(CN)c2Cl)CC1. The van der Waals surface area contributed by atoms with E-state index in [1.807, 2.05) is 6.07 Å². The Morgan fingerprint density at radius 3 is 3.00 bits per heavy atom. The van der Waals surface area contributed by atoms with E-state index in [1.54, 1.807) is 6.20 Å². The van der Waals surface area contributed by atoms with Crippen LogP contribution in [0.25, 0.3) is 0 Å². The molecule has 0 fully saturated rings. The highest BCUT2D eigenvalue weighted by atomic mass is 35.5. The minimum atomic E-state index is 0.455. The normalized spacial score (nSPS) is 16.2. The van der Waals surface area contributed by atoms with E-state index < -0.39 is 0 Å². The molecule has 16 heavy (non-hydrogen) atoms. The van der Waals surface area contributed by atoms with Crippen LogP contribution < -0.4 is 10.6 Å². The average Bonchev–Trinajstić information content (AvgIpc) is 2.31. The van der Waals surface area contributed by atoms with E-state index in [-0.39, 0.29) is 0 Å². The molecule has 0 bridgehead atoms. The van der Waals surface area contributed by atoms with Crippen molar-refractivity contribution in [1.29, 1.82) is 0 Å². The molecule has 0 saturated heterocycles. The van der Waals surface area contributed by atoms with Crippen LogP contribution >= 0.6 is 11.6 Å². The van der Waals surface area contributed by atoms with Crippen molar-refractivity contribution < 1.29 is 0 Å². The topological polar surface area (TPSA) is 42.2 Å². The first-order chi connectivity index (χ1) is 7.72. The summed E-state index contributed by atoms with van der Waals surface area (Å²) < 4.78 is 0. The Kier molecular flexibility index (Phi) is 3.46. The van der Waals surface area contributed by atoms with Gasteiger partial charge in [-0.1, -0.05) is 23.3 Å². The summed E-state index contributed by atoms with van der Waals surface area (Å²) in [5, 5.41) is 0.693. The Balaban J connectivity index is 2.27. The fourth-order valence-electron chi connectivity index (χ4n) is 1.81. The third kappa shape index (κ3) is 2.20. The number of aromatic nitrogens is 1. The first kappa shape index (κ1) is 11.4. The number of hydrogen-bond acceptors (Lipinski definition) is 3. The van der Waals surface area contributed by atoms with Crippen LogP contribution in [0, 0.1) is 0 Å². The van der Waals surface area contributed by atoms with Crippen molar-refractivity contribution in [3.63, 3.8) is 0 Å². The van der Waals surface area contributed by atoms with E-state index in [0.717, 1.165) is 30.9 Å². The maximum Gasteiger partial charge on any atom is 0.147 e. The zero-order chi connectivity index (χ0) is 11.5. The Labute approximate surface area is 101 Å². The molecule has 2 rings (SSSR count). The molecule has 1 aromatic rings. The number of rotatable bonds is 2. The van der Waals surface area contributed by atoms with Crippen molar-refractivity contribution in [2.24, 2.45) is 5.73 Å². The van der Waals surface area contributed by atoms with Gasteiger partial charge in [0.2, 0.25) is 0 Å². The molecule has 0 saturated carbocycles. The maximum absolute atomic E-state index is 6.27. The molecular weight excluding hydrogens is 222 g/mol. The summed E-state index contributed by atoms with van der Waals surface area (Å²) in [5.41, 5.74) is 8.02. The lowest BCUT2D eigenvalue weighted by Crippen LogP contribution is -2.29. The second kappa shape index (κ2) is 4.85. The molecule has 1 aliphatic heterocycles. The summed E-state index contributed by atoms with van der Waals surface area (Å²) in [6.45, 7) is 4.47. The number of hydrogen-bond donors (Lipinski definition) is 1. The van der Waals surface area contributed by atoms with Gasteiger partial charge in [-0.05, 0) is 25.0 Å². The highest BCUT2D eigenvalue weighted by Crippen LogP contribution is 2.28. The minimum Gasteiger partial charge on any atom is -0.351 e. The summed E-state index contributed by atoms with van der Waals surface area (Å²) in [6.07, 6.45) is 5.07. The third-order valence-electron chi connectivity index (χ3n) is 2.91. The Hall–Kier alpha value is -1.06. The second-order valence-corrected chi connectivity index (χ2v) is 4.44. The second-order valence-electron chi connectivity index (χ2n) is 4.06. The number of nitrogens with zero attached hydrogens (tertiary/aromatic N) is 2.